The molecular formula is C23H22O6. The van der Waals surface area contributed by atoms with Gasteiger partial charge in [0.1, 0.15) is 11.3 Å². The smallest absolute Gasteiger partial charge is 0.344 e. The standard InChI is InChI=1S/C23H22O6/c1-4-16-5-7-17(8-6-16)23(26)15(3)28-22(25)13-27-18-9-10-19-14(2)11-21(24)29-20(19)12-18/h5-12,15H,4,13H2,1-3H3/t15-/m0/s1. The molecule has 1 atom stereocenters. The van der Waals surface area contributed by atoms with Crippen molar-refractivity contribution in [3.8, 4) is 5.75 Å². The van der Waals surface area contributed by atoms with Crippen LogP contribution in [0.15, 0.2) is 57.7 Å². The minimum absolute atomic E-state index is 0.274. The Bertz CT molecular complexity index is 1090. The van der Waals surface area contributed by atoms with E-state index in [9.17, 15) is 14.4 Å². The maximum Gasteiger partial charge on any atom is 0.344 e. The van der Waals surface area contributed by atoms with Crippen molar-refractivity contribution in [3.05, 3.63) is 75.6 Å². The van der Waals surface area contributed by atoms with Gasteiger partial charge in [-0.3, -0.25) is 4.79 Å². The first kappa shape index (κ1) is 20.3. The maximum atomic E-state index is 12.4. The summed E-state index contributed by atoms with van der Waals surface area (Å²) in [5, 5.41) is 0.785. The van der Waals surface area contributed by atoms with Crippen molar-refractivity contribution >= 4 is 22.7 Å². The van der Waals surface area contributed by atoms with E-state index in [2.05, 4.69) is 0 Å². The van der Waals surface area contributed by atoms with Crippen LogP contribution in [0.4, 0.5) is 0 Å². The van der Waals surface area contributed by atoms with Crippen molar-refractivity contribution in [3.63, 3.8) is 0 Å². The van der Waals surface area contributed by atoms with Gasteiger partial charge in [0.05, 0.1) is 0 Å². The first-order valence-corrected chi connectivity index (χ1v) is 9.37. The summed E-state index contributed by atoms with van der Waals surface area (Å²) in [5.74, 6) is -0.580. The van der Waals surface area contributed by atoms with Crippen molar-refractivity contribution in [2.75, 3.05) is 6.61 Å². The van der Waals surface area contributed by atoms with Gasteiger partial charge in [-0.2, -0.15) is 0 Å². The molecule has 0 spiro atoms. The van der Waals surface area contributed by atoms with Gasteiger partial charge >= 0.3 is 11.6 Å². The van der Waals surface area contributed by atoms with Gasteiger partial charge in [-0.05, 0) is 43.5 Å². The lowest BCUT2D eigenvalue weighted by Gasteiger charge is -2.13. The average Bonchev–Trinajstić information content (AvgIpc) is 2.71. The van der Waals surface area contributed by atoms with Gasteiger partial charge < -0.3 is 13.9 Å². The van der Waals surface area contributed by atoms with Crippen LogP contribution in [0.3, 0.4) is 0 Å². The molecule has 0 saturated carbocycles. The third kappa shape index (κ3) is 4.90. The second kappa shape index (κ2) is 8.73. The van der Waals surface area contributed by atoms with Crippen LogP contribution in [0.25, 0.3) is 11.0 Å². The van der Waals surface area contributed by atoms with Crippen molar-refractivity contribution in [1.82, 2.24) is 0 Å². The van der Waals surface area contributed by atoms with Crippen LogP contribution < -0.4 is 10.4 Å². The molecule has 0 aliphatic heterocycles. The Balaban J connectivity index is 1.59. The predicted molar refractivity (Wildman–Crippen MR) is 108 cm³/mol. The second-order valence-corrected chi connectivity index (χ2v) is 6.74. The highest BCUT2D eigenvalue weighted by Gasteiger charge is 2.20. The minimum atomic E-state index is -0.921. The van der Waals surface area contributed by atoms with Crippen LogP contribution in [0.5, 0.6) is 5.75 Å². The first-order valence-electron chi connectivity index (χ1n) is 9.37. The lowest BCUT2D eigenvalue weighted by Crippen LogP contribution is -2.27. The Hall–Kier alpha value is -3.41. The number of esters is 1. The van der Waals surface area contributed by atoms with Crippen LogP contribution in [0, 0.1) is 6.92 Å². The molecule has 6 heteroatoms. The van der Waals surface area contributed by atoms with Crippen LogP contribution in [-0.4, -0.2) is 24.5 Å². The van der Waals surface area contributed by atoms with Gasteiger partial charge in [-0.25, -0.2) is 9.59 Å². The van der Waals surface area contributed by atoms with Crippen LogP contribution in [0.2, 0.25) is 0 Å². The molecule has 1 aromatic heterocycles. The van der Waals surface area contributed by atoms with Crippen molar-refractivity contribution < 1.29 is 23.5 Å². The molecular weight excluding hydrogens is 372 g/mol. The quantitative estimate of drug-likeness (QED) is 0.344. The van der Waals surface area contributed by atoms with Crippen LogP contribution >= 0.6 is 0 Å². The van der Waals surface area contributed by atoms with Crippen LogP contribution in [0.1, 0.15) is 35.3 Å². The summed E-state index contributed by atoms with van der Waals surface area (Å²) in [6, 6.07) is 13.6. The molecule has 0 N–H and O–H groups in total. The minimum Gasteiger partial charge on any atom is -0.482 e. The molecule has 29 heavy (non-hydrogen) atoms. The molecule has 0 aliphatic carbocycles. The molecule has 3 rings (SSSR count). The van der Waals surface area contributed by atoms with Gasteiger partial charge in [-0.1, -0.05) is 31.2 Å². The number of benzene rings is 2. The van der Waals surface area contributed by atoms with E-state index in [-0.39, 0.29) is 12.4 Å². The fourth-order valence-corrected chi connectivity index (χ4v) is 2.96. The number of aryl methyl sites for hydroxylation is 2. The molecule has 0 saturated heterocycles. The fourth-order valence-electron chi connectivity index (χ4n) is 2.96. The summed E-state index contributed by atoms with van der Waals surface area (Å²) < 4.78 is 15.8. The van der Waals surface area contributed by atoms with Gasteiger partial charge in [-0.15, -0.1) is 0 Å². The van der Waals surface area contributed by atoms with Gasteiger partial charge in [0.25, 0.3) is 0 Å². The largest absolute Gasteiger partial charge is 0.482 e. The summed E-state index contributed by atoms with van der Waals surface area (Å²) in [7, 11) is 0. The third-order valence-corrected chi connectivity index (χ3v) is 4.60. The Morgan fingerprint density at radius 2 is 1.79 bits per heavy atom. The van der Waals surface area contributed by atoms with Gasteiger partial charge in [0.2, 0.25) is 5.78 Å². The Morgan fingerprint density at radius 1 is 1.07 bits per heavy atom. The van der Waals surface area contributed by atoms with E-state index in [1.807, 2.05) is 26.0 Å². The maximum absolute atomic E-state index is 12.4. The van der Waals surface area contributed by atoms with E-state index in [1.54, 1.807) is 30.3 Å². The number of carbonyl (C=O) groups is 2. The van der Waals surface area contributed by atoms with E-state index >= 15 is 0 Å². The molecule has 6 nitrogen and oxygen atoms in total. The lowest BCUT2D eigenvalue weighted by molar-refractivity contribution is -0.148. The van der Waals surface area contributed by atoms with Gasteiger partial charge in [0, 0.05) is 23.1 Å². The van der Waals surface area contributed by atoms with E-state index in [1.165, 1.54) is 13.0 Å². The Labute approximate surface area is 168 Å². The summed E-state index contributed by atoms with van der Waals surface area (Å²) in [6.07, 6.45) is -0.0375. The molecule has 0 fully saturated rings. The molecule has 1 heterocycles. The number of rotatable bonds is 7. The lowest BCUT2D eigenvalue weighted by atomic mass is 10.0. The second-order valence-electron chi connectivity index (χ2n) is 6.74. The fraction of sp³-hybridized carbons (Fsp3) is 0.261. The number of hydrogen-bond donors (Lipinski definition) is 0. The highest BCUT2D eigenvalue weighted by molar-refractivity contribution is 6.00. The molecule has 3 aromatic rings. The SMILES string of the molecule is CCc1ccc(C(=O)[C@H](C)OC(=O)COc2ccc3c(C)cc(=O)oc3c2)cc1. The number of Topliss-reactive ketones (excluding diaryl/α,β-unsaturated/α-hetero) is 1. The number of carbonyl (C=O) groups excluding carboxylic acids is 2. The van der Waals surface area contributed by atoms with E-state index in [0.717, 1.165) is 22.9 Å². The highest BCUT2D eigenvalue weighted by Crippen LogP contribution is 2.22. The summed E-state index contributed by atoms with van der Waals surface area (Å²) in [4.78, 5) is 36.0. The van der Waals surface area contributed by atoms with Gasteiger partial charge in [0.15, 0.2) is 12.7 Å². The third-order valence-electron chi connectivity index (χ3n) is 4.60. The molecule has 0 radical (unpaired) electrons. The average molecular weight is 394 g/mol. The molecule has 0 aliphatic rings. The zero-order valence-corrected chi connectivity index (χ0v) is 16.6. The number of ketones is 1. The normalized spacial score (nSPS) is 11.8. The Kier molecular flexibility index (Phi) is 6.12. The van der Waals surface area contributed by atoms with Crippen molar-refractivity contribution in [1.29, 1.82) is 0 Å². The van der Waals surface area contributed by atoms with E-state index in [0.29, 0.717) is 16.9 Å². The Morgan fingerprint density at radius 3 is 2.48 bits per heavy atom. The summed E-state index contributed by atoms with van der Waals surface area (Å²) >= 11 is 0. The summed E-state index contributed by atoms with van der Waals surface area (Å²) in [5.41, 5.74) is 2.33. The van der Waals surface area contributed by atoms with E-state index in [4.69, 9.17) is 13.9 Å². The molecule has 2 aromatic carbocycles. The number of ether oxygens (including phenoxy) is 2. The monoisotopic (exact) mass is 394 g/mol. The highest BCUT2D eigenvalue weighted by atomic mass is 16.6. The molecule has 0 bridgehead atoms. The molecule has 0 unspecified atom stereocenters. The van der Waals surface area contributed by atoms with Crippen LogP contribution in [-0.2, 0) is 16.0 Å². The number of fused-ring (bicyclic) bond motifs is 1. The zero-order chi connectivity index (χ0) is 21.0. The van der Waals surface area contributed by atoms with Crippen molar-refractivity contribution in [2.45, 2.75) is 33.3 Å². The first-order chi connectivity index (χ1) is 13.9. The predicted octanol–water partition coefficient (Wildman–Crippen LogP) is 3.86. The zero-order valence-electron chi connectivity index (χ0n) is 16.6. The number of hydrogen-bond acceptors (Lipinski definition) is 6. The van der Waals surface area contributed by atoms with E-state index < -0.39 is 17.7 Å². The summed E-state index contributed by atoms with van der Waals surface area (Å²) in [6.45, 7) is 5.01. The van der Waals surface area contributed by atoms with Crippen molar-refractivity contribution in [2.24, 2.45) is 0 Å². The molecule has 150 valence electrons. The molecule has 0 amide bonds. The topological polar surface area (TPSA) is 82.8 Å².